The largest absolute Gasteiger partial charge is 0.419 e. The molecule has 1 aromatic heterocycles. The number of carbonyl (C=O) groups is 1. The Balaban J connectivity index is 2.20. The van der Waals surface area contributed by atoms with Crippen LogP contribution in [0.2, 0.25) is 0 Å². The molecule has 17 heavy (non-hydrogen) atoms. The average Bonchev–Trinajstić information content (AvgIpc) is 2.54. The molecule has 0 radical (unpaired) electrons. The molecule has 0 aliphatic rings. The average molecular weight is 234 g/mol. The maximum absolute atomic E-state index is 11.3. The fourth-order valence-electron chi connectivity index (χ4n) is 1.63. The number of aryl methyl sites for hydroxylation is 1. The summed E-state index contributed by atoms with van der Waals surface area (Å²) in [5.41, 5.74) is 2.14. The Kier molecular flexibility index (Phi) is 2.99. The van der Waals surface area contributed by atoms with Crippen molar-refractivity contribution < 1.29 is 9.21 Å². The van der Waals surface area contributed by atoms with Gasteiger partial charge in [-0.25, -0.2) is 4.79 Å². The molecule has 1 N–H and O–H groups in total. The molecule has 1 aromatic carbocycles. The molecule has 0 saturated carbocycles. The monoisotopic (exact) mass is 234 g/mol. The predicted octanol–water partition coefficient (Wildman–Crippen LogP) is 1.52. The number of aromatic nitrogens is 1. The molecule has 0 amide bonds. The third-order valence-corrected chi connectivity index (χ3v) is 2.60. The van der Waals surface area contributed by atoms with Crippen molar-refractivity contribution in [2.75, 3.05) is 11.9 Å². The van der Waals surface area contributed by atoms with Crippen LogP contribution in [0.15, 0.2) is 27.4 Å². The van der Waals surface area contributed by atoms with Gasteiger partial charge < -0.3 is 9.73 Å². The first kappa shape index (κ1) is 11.4. The van der Waals surface area contributed by atoms with E-state index in [1.165, 1.54) is 4.57 Å². The fourth-order valence-corrected chi connectivity index (χ4v) is 1.63. The van der Waals surface area contributed by atoms with Gasteiger partial charge in [-0.3, -0.25) is 9.36 Å². The standard InChI is InChI=1S/C12H14N2O3/c1-8(15)5-6-13-9-3-4-10-11(7-9)17-12(16)14(10)2/h3-4,7,13H,5-6H2,1-2H3. The smallest absolute Gasteiger partial charge is 0.408 e. The molecule has 1 heterocycles. The lowest BCUT2D eigenvalue weighted by Gasteiger charge is -2.04. The number of rotatable bonds is 4. The van der Waals surface area contributed by atoms with Crippen LogP contribution >= 0.6 is 0 Å². The molecule has 0 aliphatic carbocycles. The van der Waals surface area contributed by atoms with Crippen LogP contribution in [-0.2, 0) is 11.8 Å². The topological polar surface area (TPSA) is 64.2 Å². The summed E-state index contributed by atoms with van der Waals surface area (Å²) in [4.78, 5) is 22.1. The summed E-state index contributed by atoms with van der Waals surface area (Å²) < 4.78 is 6.52. The van der Waals surface area contributed by atoms with Gasteiger partial charge in [0.05, 0.1) is 5.52 Å². The summed E-state index contributed by atoms with van der Waals surface area (Å²) in [7, 11) is 1.66. The van der Waals surface area contributed by atoms with Crippen LogP contribution in [0, 0.1) is 0 Å². The Morgan fingerprint density at radius 3 is 2.94 bits per heavy atom. The second-order valence-electron chi connectivity index (χ2n) is 3.99. The zero-order chi connectivity index (χ0) is 12.4. The normalized spacial score (nSPS) is 10.7. The van der Waals surface area contributed by atoms with E-state index in [0.29, 0.717) is 18.5 Å². The number of anilines is 1. The number of hydrogen-bond acceptors (Lipinski definition) is 4. The molecule has 0 spiro atoms. The summed E-state index contributed by atoms with van der Waals surface area (Å²) in [6.07, 6.45) is 0.483. The highest BCUT2D eigenvalue weighted by Crippen LogP contribution is 2.17. The lowest BCUT2D eigenvalue weighted by Crippen LogP contribution is -2.08. The van der Waals surface area contributed by atoms with Crippen molar-refractivity contribution in [2.24, 2.45) is 7.05 Å². The van der Waals surface area contributed by atoms with Crippen molar-refractivity contribution >= 4 is 22.6 Å². The zero-order valence-corrected chi connectivity index (χ0v) is 9.82. The molecule has 0 bridgehead atoms. The van der Waals surface area contributed by atoms with Crippen molar-refractivity contribution in [1.82, 2.24) is 4.57 Å². The van der Waals surface area contributed by atoms with E-state index >= 15 is 0 Å². The van der Waals surface area contributed by atoms with Gasteiger partial charge in [0.25, 0.3) is 0 Å². The number of oxazole rings is 1. The predicted molar refractivity (Wildman–Crippen MR) is 65.2 cm³/mol. The summed E-state index contributed by atoms with van der Waals surface area (Å²) >= 11 is 0. The number of ketones is 1. The first-order chi connectivity index (χ1) is 8.08. The minimum Gasteiger partial charge on any atom is -0.408 e. The van der Waals surface area contributed by atoms with Gasteiger partial charge in [-0.2, -0.15) is 0 Å². The molecule has 0 atom stereocenters. The van der Waals surface area contributed by atoms with E-state index in [1.807, 2.05) is 12.1 Å². The first-order valence-corrected chi connectivity index (χ1v) is 5.41. The van der Waals surface area contributed by atoms with Crippen LogP contribution in [0.5, 0.6) is 0 Å². The Morgan fingerprint density at radius 1 is 1.47 bits per heavy atom. The second kappa shape index (κ2) is 4.45. The minimum atomic E-state index is -0.374. The van der Waals surface area contributed by atoms with Crippen LogP contribution in [0.4, 0.5) is 5.69 Å². The second-order valence-corrected chi connectivity index (χ2v) is 3.99. The van der Waals surface area contributed by atoms with Gasteiger partial charge in [0.15, 0.2) is 5.58 Å². The van der Waals surface area contributed by atoms with E-state index in [9.17, 15) is 9.59 Å². The minimum absolute atomic E-state index is 0.143. The molecule has 2 rings (SSSR count). The van der Waals surface area contributed by atoms with Crippen LogP contribution in [0.1, 0.15) is 13.3 Å². The van der Waals surface area contributed by atoms with Crippen molar-refractivity contribution in [3.8, 4) is 0 Å². The number of Topliss-reactive ketones (excluding diaryl/α,β-unsaturated/α-hetero) is 1. The molecule has 2 aromatic rings. The number of nitrogens with zero attached hydrogens (tertiary/aromatic N) is 1. The summed E-state index contributed by atoms with van der Waals surface area (Å²) in [6, 6.07) is 5.44. The number of nitrogens with one attached hydrogen (secondary N) is 1. The van der Waals surface area contributed by atoms with Crippen LogP contribution < -0.4 is 11.1 Å². The van der Waals surface area contributed by atoms with Crippen LogP contribution in [0.25, 0.3) is 11.1 Å². The van der Waals surface area contributed by atoms with Crippen molar-refractivity contribution in [2.45, 2.75) is 13.3 Å². The third-order valence-electron chi connectivity index (χ3n) is 2.60. The first-order valence-electron chi connectivity index (χ1n) is 5.41. The quantitative estimate of drug-likeness (QED) is 0.871. The van der Waals surface area contributed by atoms with Crippen molar-refractivity contribution in [3.05, 3.63) is 28.7 Å². The van der Waals surface area contributed by atoms with Gasteiger partial charge in [-0.05, 0) is 19.1 Å². The Morgan fingerprint density at radius 2 is 2.24 bits per heavy atom. The number of benzene rings is 1. The lowest BCUT2D eigenvalue weighted by atomic mass is 10.2. The molecule has 5 heteroatoms. The molecule has 0 fully saturated rings. The lowest BCUT2D eigenvalue weighted by molar-refractivity contribution is -0.116. The van der Waals surface area contributed by atoms with Crippen molar-refractivity contribution in [3.63, 3.8) is 0 Å². The van der Waals surface area contributed by atoms with E-state index in [0.717, 1.165) is 11.2 Å². The molecule has 90 valence electrons. The maximum atomic E-state index is 11.3. The summed E-state index contributed by atoms with van der Waals surface area (Å²) in [5.74, 6) is -0.231. The van der Waals surface area contributed by atoms with Crippen LogP contribution in [-0.4, -0.2) is 16.9 Å². The van der Waals surface area contributed by atoms with Crippen molar-refractivity contribution in [1.29, 1.82) is 0 Å². The van der Waals surface area contributed by atoms with E-state index < -0.39 is 0 Å². The van der Waals surface area contributed by atoms with Gasteiger partial charge in [0, 0.05) is 31.8 Å². The van der Waals surface area contributed by atoms with Gasteiger partial charge in [0.2, 0.25) is 0 Å². The molecule has 0 aliphatic heterocycles. The third kappa shape index (κ3) is 2.38. The van der Waals surface area contributed by atoms with Gasteiger partial charge in [-0.15, -0.1) is 0 Å². The summed E-state index contributed by atoms with van der Waals surface area (Å²) in [6.45, 7) is 2.14. The maximum Gasteiger partial charge on any atom is 0.419 e. The highest BCUT2D eigenvalue weighted by Gasteiger charge is 2.05. The van der Waals surface area contributed by atoms with Gasteiger partial charge >= 0.3 is 5.76 Å². The van der Waals surface area contributed by atoms with E-state index in [4.69, 9.17) is 4.42 Å². The van der Waals surface area contributed by atoms with Crippen LogP contribution in [0.3, 0.4) is 0 Å². The molecular formula is C12H14N2O3. The zero-order valence-electron chi connectivity index (χ0n) is 9.82. The molecular weight excluding hydrogens is 220 g/mol. The van der Waals surface area contributed by atoms with E-state index in [-0.39, 0.29) is 11.5 Å². The number of fused-ring (bicyclic) bond motifs is 1. The Hall–Kier alpha value is -2.04. The highest BCUT2D eigenvalue weighted by atomic mass is 16.4. The molecule has 0 unspecified atom stereocenters. The Labute approximate surface area is 98.0 Å². The number of carbonyl (C=O) groups excluding carboxylic acids is 1. The van der Waals surface area contributed by atoms with Gasteiger partial charge in [-0.1, -0.05) is 0 Å². The highest BCUT2D eigenvalue weighted by molar-refractivity contribution is 5.78. The Bertz CT molecular complexity index is 610. The summed E-state index contributed by atoms with van der Waals surface area (Å²) in [5, 5.41) is 3.10. The number of hydrogen-bond donors (Lipinski definition) is 1. The van der Waals surface area contributed by atoms with E-state index in [2.05, 4.69) is 5.32 Å². The molecule has 5 nitrogen and oxygen atoms in total. The van der Waals surface area contributed by atoms with E-state index in [1.54, 1.807) is 20.0 Å². The SMILES string of the molecule is CC(=O)CCNc1ccc2c(c1)oc(=O)n2C. The van der Waals surface area contributed by atoms with Gasteiger partial charge in [0.1, 0.15) is 5.78 Å². The molecule has 0 saturated heterocycles. The fraction of sp³-hybridized carbons (Fsp3) is 0.333.